The van der Waals surface area contributed by atoms with Crippen molar-refractivity contribution in [1.29, 1.82) is 0 Å². The van der Waals surface area contributed by atoms with Crippen LogP contribution in [0.2, 0.25) is 0 Å². The molecule has 0 spiro atoms. The molecule has 0 aliphatic heterocycles. The maximum absolute atomic E-state index is 10.8. The maximum atomic E-state index is 10.8. The molecular formula is C22H29N2O2-. The van der Waals surface area contributed by atoms with Gasteiger partial charge in [0.1, 0.15) is 5.82 Å². The van der Waals surface area contributed by atoms with E-state index >= 15 is 0 Å². The van der Waals surface area contributed by atoms with Crippen molar-refractivity contribution in [2.45, 2.75) is 71.3 Å². The lowest BCUT2D eigenvalue weighted by Gasteiger charge is -2.30. The van der Waals surface area contributed by atoms with Gasteiger partial charge in [0, 0.05) is 29.8 Å². The molecule has 3 atom stereocenters. The SMILES string of the molecule is Cc1cccc(C(C)c2nccn2C2(C)CCC(CCC(=O)[O-])C2)c1C. The molecule has 1 aliphatic carbocycles. The number of benzene rings is 1. The molecule has 3 unspecified atom stereocenters. The highest BCUT2D eigenvalue weighted by Crippen LogP contribution is 2.43. The molecule has 0 bridgehead atoms. The minimum absolute atomic E-state index is 0.00835. The van der Waals surface area contributed by atoms with Crippen LogP contribution in [0.4, 0.5) is 0 Å². The van der Waals surface area contributed by atoms with Crippen molar-refractivity contribution in [3.8, 4) is 0 Å². The zero-order chi connectivity index (χ0) is 18.9. The predicted octanol–water partition coefficient (Wildman–Crippen LogP) is 3.70. The quantitative estimate of drug-likeness (QED) is 0.796. The van der Waals surface area contributed by atoms with E-state index in [1.54, 1.807) is 0 Å². The van der Waals surface area contributed by atoms with E-state index in [-0.39, 0.29) is 17.9 Å². The van der Waals surface area contributed by atoms with Gasteiger partial charge in [-0.25, -0.2) is 4.98 Å². The van der Waals surface area contributed by atoms with Crippen LogP contribution < -0.4 is 5.11 Å². The minimum Gasteiger partial charge on any atom is -0.550 e. The Labute approximate surface area is 156 Å². The van der Waals surface area contributed by atoms with E-state index in [2.05, 4.69) is 56.7 Å². The second-order valence-electron chi connectivity index (χ2n) is 8.18. The van der Waals surface area contributed by atoms with Gasteiger partial charge in [-0.2, -0.15) is 0 Å². The number of carboxylic acids is 1. The van der Waals surface area contributed by atoms with E-state index in [4.69, 9.17) is 4.98 Å². The lowest BCUT2D eigenvalue weighted by atomic mass is 9.91. The van der Waals surface area contributed by atoms with Gasteiger partial charge < -0.3 is 14.5 Å². The van der Waals surface area contributed by atoms with Gasteiger partial charge in [0.15, 0.2) is 0 Å². The molecule has 1 fully saturated rings. The molecular weight excluding hydrogens is 324 g/mol. The summed E-state index contributed by atoms with van der Waals surface area (Å²) in [5, 5.41) is 10.8. The van der Waals surface area contributed by atoms with Crippen LogP contribution in [0.1, 0.15) is 74.4 Å². The number of carboxylic acid groups (broad SMARTS) is 1. The first-order chi connectivity index (χ1) is 12.3. The summed E-state index contributed by atoms with van der Waals surface area (Å²) in [6.45, 7) is 8.85. The molecule has 2 aromatic rings. The summed E-state index contributed by atoms with van der Waals surface area (Å²) in [4.78, 5) is 15.5. The lowest BCUT2D eigenvalue weighted by molar-refractivity contribution is -0.306. The van der Waals surface area contributed by atoms with E-state index < -0.39 is 5.97 Å². The number of carbonyl (C=O) groups excluding carboxylic acids is 1. The number of rotatable bonds is 6. The molecule has 1 aliphatic rings. The number of aliphatic carboxylic acids is 1. The van der Waals surface area contributed by atoms with E-state index in [0.29, 0.717) is 12.3 Å². The summed E-state index contributed by atoms with van der Waals surface area (Å²) in [5.74, 6) is 0.834. The molecule has 1 saturated carbocycles. The monoisotopic (exact) mass is 353 g/mol. The standard InChI is InChI=1S/C22H30N2O2/c1-15-6-5-7-19(16(15)2)17(3)21-23-12-13-24(21)22(4)11-10-18(14-22)8-9-20(25)26/h5-7,12-13,17-18H,8-11,14H2,1-4H3,(H,25,26)/p-1. The molecule has 0 saturated heterocycles. The fraction of sp³-hybridized carbons (Fsp3) is 0.545. The Morgan fingerprint density at radius 2 is 2.19 bits per heavy atom. The van der Waals surface area contributed by atoms with Gasteiger partial charge in [0.05, 0.1) is 0 Å². The number of aryl methyl sites for hydroxylation is 1. The van der Waals surface area contributed by atoms with Gasteiger partial charge in [0.2, 0.25) is 0 Å². The molecule has 4 nitrogen and oxygen atoms in total. The summed E-state index contributed by atoms with van der Waals surface area (Å²) in [6, 6.07) is 6.47. The highest BCUT2D eigenvalue weighted by molar-refractivity contribution is 5.64. The van der Waals surface area contributed by atoms with Crippen molar-refractivity contribution in [2.24, 2.45) is 5.92 Å². The van der Waals surface area contributed by atoms with Crippen LogP contribution in [-0.4, -0.2) is 15.5 Å². The van der Waals surface area contributed by atoms with Gasteiger partial charge in [-0.05, 0) is 75.5 Å². The van der Waals surface area contributed by atoms with Crippen molar-refractivity contribution in [3.63, 3.8) is 0 Å². The average Bonchev–Trinajstić information content (AvgIpc) is 3.23. The summed E-state index contributed by atoms with van der Waals surface area (Å²) in [6.07, 6.45) is 8.01. The average molecular weight is 353 g/mol. The maximum Gasteiger partial charge on any atom is 0.116 e. The second-order valence-corrected chi connectivity index (χ2v) is 8.18. The van der Waals surface area contributed by atoms with Gasteiger partial charge in [-0.15, -0.1) is 0 Å². The first-order valence-electron chi connectivity index (χ1n) is 9.61. The van der Waals surface area contributed by atoms with Gasteiger partial charge >= 0.3 is 0 Å². The van der Waals surface area contributed by atoms with Crippen LogP contribution in [-0.2, 0) is 10.3 Å². The molecule has 140 valence electrons. The van der Waals surface area contributed by atoms with E-state index in [0.717, 1.165) is 25.1 Å². The number of nitrogens with zero attached hydrogens (tertiary/aromatic N) is 2. The summed E-state index contributed by atoms with van der Waals surface area (Å²) >= 11 is 0. The van der Waals surface area contributed by atoms with Crippen molar-refractivity contribution in [2.75, 3.05) is 0 Å². The third-order valence-corrected chi connectivity index (χ3v) is 6.33. The predicted molar refractivity (Wildman–Crippen MR) is 101 cm³/mol. The van der Waals surface area contributed by atoms with Gasteiger partial charge in [-0.3, -0.25) is 0 Å². The molecule has 26 heavy (non-hydrogen) atoms. The molecule has 3 rings (SSSR count). The summed E-state index contributed by atoms with van der Waals surface area (Å²) in [5.41, 5.74) is 3.97. The Kier molecular flexibility index (Phi) is 5.22. The minimum atomic E-state index is -0.939. The van der Waals surface area contributed by atoms with Crippen LogP contribution in [0, 0.1) is 19.8 Å². The number of carbonyl (C=O) groups is 1. The van der Waals surface area contributed by atoms with Crippen molar-refractivity contribution >= 4 is 5.97 Å². The third-order valence-electron chi connectivity index (χ3n) is 6.33. The Hall–Kier alpha value is -2.10. The summed E-state index contributed by atoms with van der Waals surface area (Å²) < 4.78 is 2.35. The Morgan fingerprint density at radius 1 is 1.42 bits per heavy atom. The second kappa shape index (κ2) is 7.26. The van der Waals surface area contributed by atoms with Gasteiger partial charge in [0.25, 0.3) is 0 Å². The fourth-order valence-electron chi connectivity index (χ4n) is 4.60. The molecule has 0 amide bonds. The number of hydrogen-bond donors (Lipinski definition) is 0. The molecule has 1 heterocycles. The van der Waals surface area contributed by atoms with E-state index in [1.807, 2.05) is 6.20 Å². The zero-order valence-corrected chi connectivity index (χ0v) is 16.3. The largest absolute Gasteiger partial charge is 0.550 e. The number of imidazole rings is 1. The molecule has 1 aromatic carbocycles. The molecule has 0 radical (unpaired) electrons. The van der Waals surface area contributed by atoms with Crippen LogP contribution in [0.5, 0.6) is 0 Å². The van der Waals surface area contributed by atoms with Crippen LogP contribution in [0.15, 0.2) is 30.6 Å². The molecule has 4 heteroatoms. The molecule has 0 N–H and O–H groups in total. The topological polar surface area (TPSA) is 58.0 Å². The zero-order valence-electron chi connectivity index (χ0n) is 16.3. The van der Waals surface area contributed by atoms with Crippen LogP contribution in [0.3, 0.4) is 0 Å². The van der Waals surface area contributed by atoms with Crippen LogP contribution in [0.25, 0.3) is 0 Å². The smallest absolute Gasteiger partial charge is 0.116 e. The van der Waals surface area contributed by atoms with Crippen molar-refractivity contribution in [1.82, 2.24) is 9.55 Å². The molecule has 1 aromatic heterocycles. The Balaban J connectivity index is 1.84. The van der Waals surface area contributed by atoms with E-state index in [9.17, 15) is 9.90 Å². The fourth-order valence-corrected chi connectivity index (χ4v) is 4.60. The Morgan fingerprint density at radius 3 is 2.92 bits per heavy atom. The highest BCUT2D eigenvalue weighted by atomic mass is 16.4. The van der Waals surface area contributed by atoms with Crippen LogP contribution >= 0.6 is 0 Å². The first-order valence-corrected chi connectivity index (χ1v) is 9.61. The van der Waals surface area contributed by atoms with Crippen molar-refractivity contribution in [3.05, 3.63) is 53.1 Å². The van der Waals surface area contributed by atoms with E-state index in [1.165, 1.54) is 16.7 Å². The van der Waals surface area contributed by atoms with Gasteiger partial charge in [-0.1, -0.05) is 25.1 Å². The third kappa shape index (κ3) is 3.55. The summed E-state index contributed by atoms with van der Waals surface area (Å²) in [7, 11) is 0. The number of aromatic nitrogens is 2. The normalized spacial score (nSPS) is 23.9. The Bertz CT molecular complexity index is 795. The lowest BCUT2D eigenvalue weighted by Crippen LogP contribution is -2.29. The highest BCUT2D eigenvalue weighted by Gasteiger charge is 2.38. The first kappa shape index (κ1) is 18.7. The van der Waals surface area contributed by atoms with Crippen molar-refractivity contribution < 1.29 is 9.90 Å². The number of hydrogen-bond acceptors (Lipinski definition) is 3.